The van der Waals surface area contributed by atoms with Crippen molar-refractivity contribution in [3.8, 4) is 0 Å². The maximum atomic E-state index is 11.6. The van der Waals surface area contributed by atoms with Gasteiger partial charge in [0.2, 0.25) is 0 Å². The zero-order valence-corrected chi connectivity index (χ0v) is 12.7. The number of carbonyl (C=O) groups is 2. The fraction of sp³-hybridized carbons (Fsp3) is 0.692. The highest BCUT2D eigenvalue weighted by atomic mass is 16.7. The molecule has 21 heavy (non-hydrogen) atoms. The Bertz CT molecular complexity index is 333. The van der Waals surface area contributed by atoms with Gasteiger partial charge in [-0.2, -0.15) is 0 Å². The fourth-order valence-corrected chi connectivity index (χ4v) is 1.17. The number of rotatable bonds is 11. The summed E-state index contributed by atoms with van der Waals surface area (Å²) >= 11 is 0. The first-order valence-corrected chi connectivity index (χ1v) is 6.10. The summed E-state index contributed by atoms with van der Waals surface area (Å²) < 4.78 is 29.1. The number of esters is 2. The van der Waals surface area contributed by atoms with Gasteiger partial charge in [0.25, 0.3) is 0 Å². The highest BCUT2D eigenvalue weighted by molar-refractivity contribution is 5.93. The lowest BCUT2D eigenvalue weighted by molar-refractivity contribution is -0.168. The van der Waals surface area contributed by atoms with Crippen molar-refractivity contribution in [2.24, 2.45) is 0 Å². The van der Waals surface area contributed by atoms with Crippen molar-refractivity contribution < 1.29 is 38.0 Å². The van der Waals surface area contributed by atoms with E-state index in [2.05, 4.69) is 6.58 Å². The molecule has 8 heteroatoms. The average molecular weight is 306 g/mol. The van der Waals surface area contributed by atoms with Crippen LogP contribution in [0.1, 0.15) is 6.42 Å². The third kappa shape index (κ3) is 8.41. The van der Waals surface area contributed by atoms with Gasteiger partial charge in [-0.3, -0.25) is 4.79 Å². The van der Waals surface area contributed by atoms with E-state index in [9.17, 15) is 9.59 Å². The molecule has 0 aromatic heterocycles. The van der Waals surface area contributed by atoms with Crippen LogP contribution in [0.15, 0.2) is 12.2 Å². The van der Waals surface area contributed by atoms with Crippen LogP contribution >= 0.6 is 0 Å². The number of ether oxygens (including phenoxy) is 6. The first kappa shape index (κ1) is 19.5. The standard InChI is InChI=1S/C13H22O8/c1-9(13(15)21-8-12(18-4)19-5)6-10(14)20-7-11(16-2)17-3/h11-12H,1,6-8H2,2-5H3. The van der Waals surface area contributed by atoms with Crippen molar-refractivity contribution in [3.63, 3.8) is 0 Å². The summed E-state index contributed by atoms with van der Waals surface area (Å²) in [6, 6.07) is 0. The number of methoxy groups -OCH3 is 4. The van der Waals surface area contributed by atoms with Crippen molar-refractivity contribution in [2.75, 3.05) is 41.7 Å². The molecule has 0 heterocycles. The minimum atomic E-state index is -0.721. The first-order valence-electron chi connectivity index (χ1n) is 6.10. The first-order chi connectivity index (χ1) is 9.98. The van der Waals surface area contributed by atoms with Gasteiger partial charge in [-0.25, -0.2) is 4.79 Å². The van der Waals surface area contributed by atoms with E-state index < -0.39 is 24.5 Å². The lowest BCUT2D eigenvalue weighted by atomic mass is 10.2. The predicted octanol–water partition coefficient (Wildman–Crippen LogP) is 0.257. The molecule has 0 bridgehead atoms. The van der Waals surface area contributed by atoms with Crippen LogP contribution in [0.25, 0.3) is 0 Å². The summed E-state index contributed by atoms with van der Waals surface area (Å²) in [6.07, 6.45) is -1.61. The smallest absolute Gasteiger partial charge is 0.334 e. The second-order valence-corrected chi connectivity index (χ2v) is 3.86. The zero-order chi connectivity index (χ0) is 16.3. The molecule has 0 unspecified atom stereocenters. The molecule has 122 valence electrons. The quantitative estimate of drug-likeness (QED) is 0.305. The Morgan fingerprint density at radius 3 is 1.71 bits per heavy atom. The van der Waals surface area contributed by atoms with Crippen molar-refractivity contribution in [3.05, 3.63) is 12.2 Å². The summed E-state index contributed by atoms with van der Waals surface area (Å²) in [7, 11) is 5.66. The van der Waals surface area contributed by atoms with E-state index in [4.69, 9.17) is 28.4 Å². The molecule has 0 aliphatic heterocycles. The van der Waals surface area contributed by atoms with Crippen molar-refractivity contribution in [1.29, 1.82) is 0 Å². The Morgan fingerprint density at radius 1 is 0.857 bits per heavy atom. The van der Waals surface area contributed by atoms with Crippen LogP contribution in [0.3, 0.4) is 0 Å². The van der Waals surface area contributed by atoms with E-state index in [0.29, 0.717) is 0 Å². The monoisotopic (exact) mass is 306 g/mol. The summed E-state index contributed by atoms with van der Waals surface area (Å²) in [5, 5.41) is 0. The molecule has 0 saturated heterocycles. The van der Waals surface area contributed by atoms with Crippen LogP contribution in [-0.2, 0) is 38.0 Å². The average Bonchev–Trinajstić information content (AvgIpc) is 2.48. The molecule has 0 amide bonds. The van der Waals surface area contributed by atoms with Gasteiger partial charge in [0.15, 0.2) is 12.6 Å². The summed E-state index contributed by atoms with van der Waals surface area (Å²) in [4.78, 5) is 23.1. The Hall–Kier alpha value is -1.48. The molecule has 0 rings (SSSR count). The Kier molecular flexibility index (Phi) is 10.4. The Labute approximate surface area is 123 Å². The molecule has 0 aromatic rings. The minimum Gasteiger partial charge on any atom is -0.460 e. The Balaban J connectivity index is 4.05. The number of hydrogen-bond donors (Lipinski definition) is 0. The third-order valence-corrected chi connectivity index (χ3v) is 2.43. The molecule has 0 aromatic carbocycles. The van der Waals surface area contributed by atoms with Crippen molar-refractivity contribution >= 4 is 11.9 Å². The summed E-state index contributed by atoms with van der Waals surface area (Å²) in [6.45, 7) is 3.29. The van der Waals surface area contributed by atoms with Gasteiger partial charge >= 0.3 is 11.9 Å². The van der Waals surface area contributed by atoms with E-state index in [-0.39, 0.29) is 25.2 Å². The maximum Gasteiger partial charge on any atom is 0.334 e. The molecule has 0 N–H and O–H groups in total. The summed E-state index contributed by atoms with van der Waals surface area (Å²) in [5.41, 5.74) is -0.0302. The van der Waals surface area contributed by atoms with E-state index in [1.807, 2.05) is 0 Å². The van der Waals surface area contributed by atoms with Gasteiger partial charge in [-0.05, 0) is 0 Å². The van der Waals surface area contributed by atoms with E-state index >= 15 is 0 Å². The van der Waals surface area contributed by atoms with Gasteiger partial charge in [0.05, 0.1) is 6.42 Å². The lowest BCUT2D eigenvalue weighted by Gasteiger charge is -2.15. The topological polar surface area (TPSA) is 89.5 Å². The second kappa shape index (κ2) is 11.2. The largest absolute Gasteiger partial charge is 0.460 e. The Morgan fingerprint density at radius 2 is 1.29 bits per heavy atom. The second-order valence-electron chi connectivity index (χ2n) is 3.86. The van der Waals surface area contributed by atoms with Gasteiger partial charge in [0.1, 0.15) is 13.2 Å². The van der Waals surface area contributed by atoms with Crippen LogP contribution in [0, 0.1) is 0 Å². The van der Waals surface area contributed by atoms with Crippen LogP contribution in [0.4, 0.5) is 0 Å². The molecule has 0 aliphatic carbocycles. The maximum absolute atomic E-state index is 11.6. The van der Waals surface area contributed by atoms with Gasteiger partial charge < -0.3 is 28.4 Å². The van der Waals surface area contributed by atoms with Gasteiger partial charge in [0, 0.05) is 34.0 Å². The molecule has 0 radical (unpaired) electrons. The van der Waals surface area contributed by atoms with Crippen LogP contribution in [-0.4, -0.2) is 66.2 Å². The lowest BCUT2D eigenvalue weighted by Crippen LogP contribution is -2.25. The molecular weight excluding hydrogens is 284 g/mol. The SMILES string of the molecule is C=C(CC(=O)OCC(OC)OC)C(=O)OCC(OC)OC. The molecule has 0 aliphatic rings. The van der Waals surface area contributed by atoms with Crippen LogP contribution in [0.5, 0.6) is 0 Å². The van der Waals surface area contributed by atoms with Crippen LogP contribution < -0.4 is 0 Å². The molecule has 8 nitrogen and oxygen atoms in total. The van der Waals surface area contributed by atoms with Gasteiger partial charge in [-0.1, -0.05) is 6.58 Å². The van der Waals surface area contributed by atoms with Crippen LogP contribution in [0.2, 0.25) is 0 Å². The van der Waals surface area contributed by atoms with Gasteiger partial charge in [-0.15, -0.1) is 0 Å². The minimum absolute atomic E-state index is 0.0302. The van der Waals surface area contributed by atoms with Crippen molar-refractivity contribution in [1.82, 2.24) is 0 Å². The normalized spacial score (nSPS) is 10.8. The molecule has 0 spiro atoms. The zero-order valence-electron chi connectivity index (χ0n) is 12.7. The third-order valence-electron chi connectivity index (χ3n) is 2.43. The van der Waals surface area contributed by atoms with E-state index in [1.54, 1.807) is 0 Å². The molecule has 0 atom stereocenters. The van der Waals surface area contributed by atoms with Crippen molar-refractivity contribution in [2.45, 2.75) is 19.0 Å². The number of carbonyl (C=O) groups excluding carboxylic acids is 2. The molecule has 0 fully saturated rings. The number of hydrogen-bond acceptors (Lipinski definition) is 8. The highest BCUT2D eigenvalue weighted by Crippen LogP contribution is 2.05. The predicted molar refractivity (Wildman–Crippen MR) is 71.3 cm³/mol. The van der Waals surface area contributed by atoms with E-state index in [0.717, 1.165) is 0 Å². The molecular formula is C13H22O8. The summed E-state index contributed by atoms with van der Waals surface area (Å²) in [5.74, 6) is -1.35. The van der Waals surface area contributed by atoms with E-state index in [1.165, 1.54) is 28.4 Å². The highest BCUT2D eigenvalue weighted by Gasteiger charge is 2.17. The molecule has 0 saturated carbocycles. The fourth-order valence-electron chi connectivity index (χ4n) is 1.17.